The highest BCUT2D eigenvalue weighted by molar-refractivity contribution is 8.01. The molecule has 2 atom stereocenters. The molecule has 0 radical (unpaired) electrons. The van der Waals surface area contributed by atoms with Crippen LogP contribution in [0.3, 0.4) is 0 Å². The molecule has 0 aliphatic carbocycles. The van der Waals surface area contributed by atoms with Gasteiger partial charge in [0.05, 0.1) is 8.42 Å². The number of piperazine rings is 2. The third-order valence-electron chi connectivity index (χ3n) is 11.3. The van der Waals surface area contributed by atoms with Gasteiger partial charge in [-0.25, -0.2) is 9.59 Å². The molecule has 0 amide bonds. The van der Waals surface area contributed by atoms with Crippen LogP contribution in [0.2, 0.25) is 0 Å². The van der Waals surface area contributed by atoms with E-state index in [1.54, 1.807) is 22.7 Å². The standard InChI is InChI=1S/C46H60N4O4S4/c1-33-11-7-13-39(35(33)3)49-27-23-47(24-28-49)21-9-31-55-45-19-15-41(57-45)37(5)53-43(51)17-18-44(52)54-38(6)42-16-20-46(58-42)56-32-10-22-48-25-29-50(30-26-48)40-14-8-12-34(2)36(40)4/h7-8,11-20,37-38H,9-10,21-32H2,1-6H3/b18-17-. The molecule has 4 aromatic rings. The van der Waals surface area contributed by atoms with Crippen LogP contribution in [0.15, 0.2) is 81.2 Å². The zero-order valence-corrected chi connectivity index (χ0v) is 38.3. The van der Waals surface area contributed by atoms with Gasteiger partial charge >= 0.3 is 11.9 Å². The number of thioether (sulfide) groups is 2. The number of aryl methyl sites for hydroxylation is 2. The molecular formula is C46H60N4O4S4. The van der Waals surface area contributed by atoms with Gasteiger partial charge in [-0.3, -0.25) is 9.80 Å². The number of ether oxygens (including phenoxy) is 2. The lowest BCUT2D eigenvalue weighted by Crippen LogP contribution is -2.47. The summed E-state index contributed by atoms with van der Waals surface area (Å²) in [5.41, 5.74) is 8.25. The van der Waals surface area contributed by atoms with Crippen LogP contribution in [-0.4, -0.2) is 98.7 Å². The molecule has 2 aliphatic heterocycles. The summed E-state index contributed by atoms with van der Waals surface area (Å²) in [6.45, 7) is 23.5. The van der Waals surface area contributed by atoms with Crippen LogP contribution in [0.25, 0.3) is 0 Å². The summed E-state index contributed by atoms with van der Waals surface area (Å²) in [7, 11) is 0. The van der Waals surface area contributed by atoms with Gasteiger partial charge in [0, 0.05) is 97.1 Å². The number of thiophene rings is 2. The van der Waals surface area contributed by atoms with Crippen LogP contribution >= 0.6 is 46.2 Å². The average Bonchev–Trinajstić information content (AvgIpc) is 3.91. The largest absolute Gasteiger partial charge is 0.454 e. The number of rotatable bonds is 18. The van der Waals surface area contributed by atoms with Crippen molar-refractivity contribution in [3.05, 3.63) is 105 Å². The fraction of sp³-hybridized carbons (Fsp3) is 0.478. The Morgan fingerprint density at radius 2 is 1.00 bits per heavy atom. The van der Waals surface area contributed by atoms with Gasteiger partial charge in [-0.15, -0.1) is 46.2 Å². The summed E-state index contributed by atoms with van der Waals surface area (Å²) < 4.78 is 13.7. The average molecular weight is 861 g/mol. The van der Waals surface area contributed by atoms with Gasteiger partial charge in [-0.05, 0) is 126 Å². The van der Waals surface area contributed by atoms with Crippen LogP contribution in [0.5, 0.6) is 0 Å². The van der Waals surface area contributed by atoms with E-state index >= 15 is 0 Å². The zero-order valence-electron chi connectivity index (χ0n) is 35.0. The van der Waals surface area contributed by atoms with E-state index in [-0.39, 0.29) is 0 Å². The summed E-state index contributed by atoms with van der Waals surface area (Å²) in [6.07, 6.45) is 3.78. The SMILES string of the molecule is Cc1cccc(N2CCN(CCCSc3ccc(C(C)OC(=O)/C=C\C(=O)OC(C)c4ccc(SCCCN5CCN(c6cccc(C)c6C)CC5)s4)s3)CC2)c1C. The quantitative estimate of drug-likeness (QED) is 0.0418. The first-order valence-corrected chi connectivity index (χ1v) is 24.3. The van der Waals surface area contributed by atoms with Gasteiger partial charge in [-0.2, -0.15) is 0 Å². The van der Waals surface area contributed by atoms with E-state index in [1.807, 2.05) is 49.5 Å². The van der Waals surface area contributed by atoms with Crippen molar-refractivity contribution in [3.63, 3.8) is 0 Å². The van der Waals surface area contributed by atoms with Crippen LogP contribution < -0.4 is 9.80 Å². The van der Waals surface area contributed by atoms with Crippen LogP contribution in [-0.2, 0) is 19.1 Å². The second-order valence-corrected chi connectivity index (χ2v) is 20.3. The Balaban J connectivity index is 0.820. The zero-order chi connectivity index (χ0) is 41.0. The molecule has 0 N–H and O–H groups in total. The molecule has 4 heterocycles. The van der Waals surface area contributed by atoms with Gasteiger partial charge in [0.2, 0.25) is 0 Å². The minimum Gasteiger partial charge on any atom is -0.454 e. The second-order valence-electron chi connectivity index (χ2n) is 15.3. The van der Waals surface area contributed by atoms with Crippen LogP contribution in [0.1, 0.15) is 70.9 Å². The van der Waals surface area contributed by atoms with Gasteiger partial charge in [-0.1, -0.05) is 24.3 Å². The number of anilines is 2. The summed E-state index contributed by atoms with van der Waals surface area (Å²) >= 11 is 7.04. The van der Waals surface area contributed by atoms with E-state index in [2.05, 4.69) is 95.8 Å². The summed E-state index contributed by atoms with van der Waals surface area (Å²) in [4.78, 5) is 37.3. The first kappa shape index (κ1) is 44.3. The molecule has 2 unspecified atom stereocenters. The molecule has 58 heavy (non-hydrogen) atoms. The Labute approximate surface area is 363 Å². The molecule has 2 aromatic heterocycles. The van der Waals surface area contributed by atoms with Crippen molar-refractivity contribution in [2.75, 3.05) is 86.8 Å². The highest BCUT2D eigenvalue weighted by Gasteiger charge is 2.21. The van der Waals surface area contributed by atoms with Crippen molar-refractivity contribution >= 4 is 69.5 Å². The molecule has 8 nitrogen and oxygen atoms in total. The molecule has 2 saturated heterocycles. The highest BCUT2D eigenvalue weighted by Crippen LogP contribution is 2.34. The fourth-order valence-electron chi connectivity index (χ4n) is 7.44. The normalized spacial score (nSPS) is 16.5. The van der Waals surface area contributed by atoms with Gasteiger partial charge in [0.15, 0.2) is 0 Å². The van der Waals surface area contributed by atoms with Crippen molar-refractivity contribution in [2.45, 2.75) is 75.0 Å². The predicted molar refractivity (Wildman–Crippen MR) is 247 cm³/mol. The molecule has 0 bridgehead atoms. The first-order chi connectivity index (χ1) is 28.0. The Kier molecular flexibility index (Phi) is 16.7. The summed E-state index contributed by atoms with van der Waals surface area (Å²) in [5, 5.41) is 0. The van der Waals surface area contributed by atoms with E-state index in [0.29, 0.717) is 0 Å². The predicted octanol–water partition coefficient (Wildman–Crippen LogP) is 10.1. The molecule has 312 valence electrons. The Bertz CT molecular complexity index is 1840. The molecule has 0 spiro atoms. The molecule has 0 saturated carbocycles. The fourth-order valence-corrected chi connectivity index (χ4v) is 11.7. The van der Waals surface area contributed by atoms with E-state index in [4.69, 9.17) is 9.47 Å². The molecule has 2 aromatic carbocycles. The van der Waals surface area contributed by atoms with E-state index in [0.717, 1.165) is 112 Å². The van der Waals surface area contributed by atoms with E-state index in [9.17, 15) is 9.59 Å². The molecule has 2 fully saturated rings. The number of benzene rings is 2. The second kappa shape index (κ2) is 21.8. The molecular weight excluding hydrogens is 801 g/mol. The van der Waals surface area contributed by atoms with Gasteiger partial charge < -0.3 is 19.3 Å². The smallest absolute Gasteiger partial charge is 0.331 e. The van der Waals surface area contributed by atoms with Gasteiger partial charge in [0.25, 0.3) is 0 Å². The lowest BCUT2D eigenvalue weighted by atomic mass is 10.1. The van der Waals surface area contributed by atoms with Crippen LogP contribution in [0, 0.1) is 27.7 Å². The maximum atomic E-state index is 12.6. The lowest BCUT2D eigenvalue weighted by molar-refractivity contribution is -0.145. The number of hydrogen-bond donors (Lipinski definition) is 0. The monoisotopic (exact) mass is 860 g/mol. The van der Waals surface area contributed by atoms with Crippen molar-refractivity contribution in [2.24, 2.45) is 0 Å². The van der Waals surface area contributed by atoms with Crippen molar-refractivity contribution in [1.82, 2.24) is 9.80 Å². The molecule has 6 rings (SSSR count). The number of hydrogen-bond acceptors (Lipinski definition) is 12. The third-order valence-corrected chi connectivity index (χ3v) is 16.4. The van der Waals surface area contributed by atoms with Crippen molar-refractivity contribution in [3.8, 4) is 0 Å². The molecule has 2 aliphatic rings. The van der Waals surface area contributed by atoms with Crippen molar-refractivity contribution in [1.29, 1.82) is 0 Å². The van der Waals surface area contributed by atoms with Crippen LogP contribution in [0.4, 0.5) is 11.4 Å². The highest BCUT2D eigenvalue weighted by atomic mass is 32.2. The Hall–Kier alpha value is -3.26. The maximum Gasteiger partial charge on any atom is 0.331 e. The number of carbonyl (C=O) groups is 2. The van der Waals surface area contributed by atoms with E-state index < -0.39 is 24.1 Å². The summed E-state index contributed by atoms with van der Waals surface area (Å²) in [5.74, 6) is 0.980. The minimum atomic E-state index is -0.560. The maximum absolute atomic E-state index is 12.6. The first-order valence-electron chi connectivity index (χ1n) is 20.7. The Morgan fingerprint density at radius 1 is 0.603 bits per heavy atom. The minimum absolute atomic E-state index is 0.402. The van der Waals surface area contributed by atoms with E-state index in [1.165, 1.54) is 42.0 Å². The third kappa shape index (κ3) is 12.6. The van der Waals surface area contributed by atoms with Gasteiger partial charge in [0.1, 0.15) is 12.2 Å². The topological polar surface area (TPSA) is 65.6 Å². The molecule has 12 heteroatoms. The lowest BCUT2D eigenvalue weighted by Gasteiger charge is -2.37. The summed E-state index contributed by atoms with van der Waals surface area (Å²) in [6, 6.07) is 21.5. The number of carbonyl (C=O) groups excluding carboxylic acids is 2. The number of esters is 2. The van der Waals surface area contributed by atoms with Crippen molar-refractivity contribution < 1.29 is 19.1 Å². The Morgan fingerprint density at radius 3 is 1.40 bits per heavy atom. The number of nitrogens with zero attached hydrogens (tertiary/aromatic N) is 4.